The summed E-state index contributed by atoms with van der Waals surface area (Å²) in [5, 5.41) is 17.6. The van der Waals surface area contributed by atoms with Gasteiger partial charge in [0.1, 0.15) is 6.33 Å². The molecule has 0 radical (unpaired) electrons. The van der Waals surface area contributed by atoms with Gasteiger partial charge in [0, 0.05) is 28.0 Å². The summed E-state index contributed by atoms with van der Waals surface area (Å²) in [5.74, 6) is 0.0202. The van der Waals surface area contributed by atoms with E-state index in [0.717, 1.165) is 3.57 Å². The van der Waals surface area contributed by atoms with Crippen molar-refractivity contribution in [2.75, 3.05) is 23.7 Å². The minimum atomic E-state index is -3.60. The Morgan fingerprint density at radius 1 is 0.938 bits per heavy atom. The fraction of sp³-hybridized carbons (Fsp3) is 0.200. The van der Waals surface area contributed by atoms with Gasteiger partial charge in [0.2, 0.25) is 21.7 Å². The fourth-order valence-corrected chi connectivity index (χ4v) is 4.78. The molecule has 0 saturated heterocycles. The van der Waals surface area contributed by atoms with Crippen LogP contribution in [0.4, 0.5) is 28.7 Å². The topological polar surface area (TPSA) is 130 Å². The molecule has 12 heteroatoms. The maximum Gasteiger partial charge on any atom is 0.353 e. The van der Waals surface area contributed by atoms with Crippen LogP contribution in [-0.4, -0.2) is 40.7 Å². The standard InChI is InChI=1S/C20H21IN6O4S/c1-3-26(4-2)32(30,31)17-11-9-16(10-12-17)25-20-18(27(28)29)19(22-13-23-20)24-15-7-5-14(21)6-8-15/h5-13H,3-4H2,1-2H3,(H2,22,23,24,25). The minimum Gasteiger partial charge on any atom is -0.334 e. The summed E-state index contributed by atoms with van der Waals surface area (Å²) in [4.78, 5) is 19.4. The molecule has 0 atom stereocenters. The van der Waals surface area contributed by atoms with Crippen LogP contribution in [0, 0.1) is 13.7 Å². The van der Waals surface area contributed by atoms with Crippen molar-refractivity contribution in [3.05, 3.63) is 68.5 Å². The Hall–Kier alpha value is -2.84. The molecule has 32 heavy (non-hydrogen) atoms. The predicted molar refractivity (Wildman–Crippen MR) is 131 cm³/mol. The number of hydrogen-bond acceptors (Lipinski definition) is 8. The molecule has 0 aliphatic heterocycles. The summed E-state index contributed by atoms with van der Waals surface area (Å²) in [7, 11) is -3.60. The summed E-state index contributed by atoms with van der Waals surface area (Å²) in [5.41, 5.74) is 0.764. The Morgan fingerprint density at radius 3 is 1.84 bits per heavy atom. The van der Waals surface area contributed by atoms with Crippen LogP contribution >= 0.6 is 22.6 Å². The number of nitro groups is 1. The van der Waals surface area contributed by atoms with Crippen molar-refractivity contribution in [3.63, 3.8) is 0 Å². The highest BCUT2D eigenvalue weighted by atomic mass is 127. The van der Waals surface area contributed by atoms with E-state index in [1.807, 2.05) is 12.1 Å². The molecule has 0 unspecified atom stereocenters. The summed E-state index contributed by atoms with van der Waals surface area (Å²) in [6.07, 6.45) is 1.21. The first-order valence-electron chi connectivity index (χ1n) is 9.65. The van der Waals surface area contributed by atoms with Gasteiger partial charge in [-0.2, -0.15) is 4.31 Å². The Labute approximate surface area is 199 Å². The first kappa shape index (κ1) is 23.8. The molecular weight excluding hydrogens is 547 g/mol. The maximum absolute atomic E-state index is 12.6. The minimum absolute atomic E-state index is 0.0163. The van der Waals surface area contributed by atoms with Crippen molar-refractivity contribution in [1.82, 2.24) is 14.3 Å². The molecule has 0 aliphatic carbocycles. The average molecular weight is 568 g/mol. The zero-order valence-electron chi connectivity index (χ0n) is 17.3. The van der Waals surface area contributed by atoms with Gasteiger partial charge < -0.3 is 10.6 Å². The highest BCUT2D eigenvalue weighted by Crippen LogP contribution is 2.33. The monoisotopic (exact) mass is 568 g/mol. The molecule has 3 rings (SSSR count). The van der Waals surface area contributed by atoms with Crippen molar-refractivity contribution in [2.45, 2.75) is 18.7 Å². The lowest BCUT2D eigenvalue weighted by molar-refractivity contribution is -0.383. The summed E-state index contributed by atoms with van der Waals surface area (Å²) < 4.78 is 27.6. The van der Waals surface area contributed by atoms with Crippen molar-refractivity contribution < 1.29 is 13.3 Å². The van der Waals surface area contributed by atoms with Crippen LogP contribution in [-0.2, 0) is 10.0 Å². The van der Waals surface area contributed by atoms with Crippen LogP contribution in [0.2, 0.25) is 0 Å². The zero-order valence-corrected chi connectivity index (χ0v) is 20.3. The van der Waals surface area contributed by atoms with Crippen molar-refractivity contribution in [2.24, 2.45) is 0 Å². The summed E-state index contributed by atoms with van der Waals surface area (Å²) in [6, 6.07) is 13.3. The number of benzene rings is 2. The molecule has 0 saturated carbocycles. The third kappa shape index (κ3) is 5.31. The van der Waals surface area contributed by atoms with E-state index in [1.165, 1.54) is 34.9 Å². The van der Waals surface area contributed by atoms with Gasteiger partial charge in [0.15, 0.2) is 0 Å². The molecule has 0 fully saturated rings. The van der Waals surface area contributed by atoms with Gasteiger partial charge in [-0.15, -0.1) is 0 Å². The van der Waals surface area contributed by atoms with Gasteiger partial charge in [-0.05, 0) is 71.1 Å². The van der Waals surface area contributed by atoms with Gasteiger partial charge in [0.25, 0.3) is 0 Å². The zero-order chi connectivity index (χ0) is 23.3. The number of aromatic nitrogens is 2. The van der Waals surface area contributed by atoms with Gasteiger partial charge in [-0.3, -0.25) is 10.1 Å². The van der Waals surface area contributed by atoms with E-state index in [9.17, 15) is 18.5 Å². The molecular formula is C20H21IN6O4S. The van der Waals surface area contributed by atoms with E-state index < -0.39 is 14.9 Å². The van der Waals surface area contributed by atoms with Crippen LogP contribution in [0.1, 0.15) is 13.8 Å². The molecule has 1 aromatic heterocycles. The van der Waals surface area contributed by atoms with Crippen molar-refractivity contribution in [3.8, 4) is 0 Å². The van der Waals surface area contributed by atoms with Crippen LogP contribution in [0.5, 0.6) is 0 Å². The van der Waals surface area contributed by atoms with Crippen LogP contribution < -0.4 is 10.6 Å². The van der Waals surface area contributed by atoms with Gasteiger partial charge in [-0.25, -0.2) is 18.4 Å². The molecule has 2 aromatic carbocycles. The highest BCUT2D eigenvalue weighted by Gasteiger charge is 2.24. The Kier molecular flexibility index (Phi) is 7.58. The van der Waals surface area contributed by atoms with E-state index in [1.54, 1.807) is 26.0 Å². The van der Waals surface area contributed by atoms with Crippen LogP contribution in [0.15, 0.2) is 59.8 Å². The summed E-state index contributed by atoms with van der Waals surface area (Å²) in [6.45, 7) is 4.27. The van der Waals surface area contributed by atoms with Gasteiger partial charge in [0.05, 0.1) is 9.82 Å². The third-order valence-corrected chi connectivity index (χ3v) is 7.36. The van der Waals surface area contributed by atoms with E-state index in [2.05, 4.69) is 43.2 Å². The molecule has 1 heterocycles. The van der Waals surface area contributed by atoms with Crippen LogP contribution in [0.3, 0.4) is 0 Å². The van der Waals surface area contributed by atoms with Crippen molar-refractivity contribution in [1.29, 1.82) is 0 Å². The number of sulfonamides is 1. The molecule has 0 aliphatic rings. The van der Waals surface area contributed by atoms with Gasteiger partial charge in [-0.1, -0.05) is 13.8 Å². The molecule has 3 aromatic rings. The average Bonchev–Trinajstić information content (AvgIpc) is 2.76. The SMILES string of the molecule is CCN(CC)S(=O)(=O)c1ccc(Nc2ncnc(Nc3ccc(I)cc3)c2[N+](=O)[O-])cc1. The van der Waals surface area contributed by atoms with Crippen molar-refractivity contribution >= 4 is 61.3 Å². The molecule has 168 valence electrons. The lowest BCUT2D eigenvalue weighted by Gasteiger charge is -2.18. The quantitative estimate of drug-likeness (QED) is 0.219. The number of nitrogens with zero attached hydrogens (tertiary/aromatic N) is 4. The van der Waals surface area contributed by atoms with Gasteiger partial charge >= 0.3 is 5.69 Å². The second-order valence-corrected chi connectivity index (χ2v) is 9.73. The predicted octanol–water partition coefficient (Wildman–Crippen LogP) is 4.51. The third-order valence-electron chi connectivity index (χ3n) is 4.57. The first-order valence-corrected chi connectivity index (χ1v) is 12.2. The second kappa shape index (κ2) is 10.2. The Morgan fingerprint density at radius 2 is 1.41 bits per heavy atom. The number of rotatable bonds is 9. The summed E-state index contributed by atoms with van der Waals surface area (Å²) >= 11 is 2.17. The molecule has 0 bridgehead atoms. The van der Waals surface area contributed by atoms with E-state index in [4.69, 9.17) is 0 Å². The van der Waals surface area contributed by atoms with Crippen LogP contribution in [0.25, 0.3) is 0 Å². The number of nitrogens with one attached hydrogen (secondary N) is 2. The molecule has 2 N–H and O–H groups in total. The Bertz CT molecular complexity index is 1200. The first-order chi connectivity index (χ1) is 15.3. The number of hydrogen-bond donors (Lipinski definition) is 2. The molecule has 10 nitrogen and oxygen atoms in total. The normalized spacial score (nSPS) is 11.4. The van der Waals surface area contributed by atoms with E-state index in [-0.39, 0.29) is 22.2 Å². The largest absolute Gasteiger partial charge is 0.353 e. The second-order valence-electron chi connectivity index (χ2n) is 6.55. The maximum atomic E-state index is 12.6. The number of halogens is 1. The lowest BCUT2D eigenvalue weighted by atomic mass is 10.3. The molecule has 0 amide bonds. The smallest absolute Gasteiger partial charge is 0.334 e. The fourth-order valence-electron chi connectivity index (χ4n) is 2.96. The van der Waals surface area contributed by atoms with E-state index in [0.29, 0.717) is 24.5 Å². The lowest BCUT2D eigenvalue weighted by Crippen LogP contribution is -2.30. The molecule has 0 spiro atoms. The highest BCUT2D eigenvalue weighted by molar-refractivity contribution is 14.1. The Balaban J connectivity index is 1.89. The van der Waals surface area contributed by atoms with E-state index >= 15 is 0 Å². The number of anilines is 4.